The van der Waals surface area contributed by atoms with E-state index in [0.29, 0.717) is 49.7 Å². The number of hydrogen-bond acceptors (Lipinski definition) is 7. The molecule has 10 nitrogen and oxygen atoms in total. The van der Waals surface area contributed by atoms with Crippen molar-refractivity contribution in [2.75, 3.05) is 26.2 Å². The number of carbonyl (C=O) groups is 3. The molecule has 1 aliphatic heterocycles. The van der Waals surface area contributed by atoms with Crippen molar-refractivity contribution in [3.05, 3.63) is 58.9 Å². The Balaban J connectivity index is 1.84. The summed E-state index contributed by atoms with van der Waals surface area (Å²) >= 11 is 6.16. The highest BCUT2D eigenvalue weighted by atomic mass is 35.5. The van der Waals surface area contributed by atoms with Crippen LogP contribution in [0.2, 0.25) is 5.02 Å². The highest BCUT2D eigenvalue weighted by molar-refractivity contribution is 6.30. The van der Waals surface area contributed by atoms with Crippen molar-refractivity contribution < 1.29 is 19.1 Å². The largest absolute Gasteiger partial charge is 0.490 e. The first-order valence-corrected chi connectivity index (χ1v) is 13.3. The van der Waals surface area contributed by atoms with Gasteiger partial charge in [-0.25, -0.2) is 0 Å². The number of ether oxygens (including phenoxy) is 1. The molecule has 1 aromatic heterocycles. The normalized spacial score (nSPS) is 22.2. The monoisotopic (exact) mass is 544 g/mol. The number of rotatable bonds is 4. The molecule has 2 aromatic rings. The molecule has 0 spiro atoms. The minimum atomic E-state index is -0.923. The van der Waals surface area contributed by atoms with Crippen LogP contribution in [0.3, 0.4) is 0 Å². The molecule has 0 radical (unpaired) electrons. The summed E-state index contributed by atoms with van der Waals surface area (Å²) in [5, 5.41) is 12.2. The summed E-state index contributed by atoms with van der Waals surface area (Å²) in [7, 11) is 0. The molecule has 6 N–H and O–H groups in total. The van der Waals surface area contributed by atoms with E-state index in [4.69, 9.17) is 22.1 Å². The van der Waals surface area contributed by atoms with Crippen molar-refractivity contribution >= 4 is 29.3 Å². The molecule has 1 aromatic carbocycles. The number of halogens is 1. The molecule has 3 rings (SSSR count). The zero-order chi connectivity index (χ0) is 27.5. The van der Waals surface area contributed by atoms with Crippen LogP contribution in [0.1, 0.15) is 31.5 Å². The number of fused-ring (bicyclic) bond motifs is 1. The van der Waals surface area contributed by atoms with Crippen molar-refractivity contribution in [3.63, 3.8) is 0 Å². The van der Waals surface area contributed by atoms with Gasteiger partial charge in [0.1, 0.15) is 24.4 Å². The van der Waals surface area contributed by atoms with Crippen LogP contribution in [0.5, 0.6) is 5.75 Å². The van der Waals surface area contributed by atoms with E-state index in [1.807, 2.05) is 32.0 Å². The molecule has 0 fully saturated rings. The second kappa shape index (κ2) is 14.7. The molecule has 38 heavy (non-hydrogen) atoms. The maximum Gasteiger partial charge on any atom is 0.243 e. The number of benzene rings is 1. The van der Waals surface area contributed by atoms with Gasteiger partial charge in [-0.3, -0.25) is 19.4 Å². The summed E-state index contributed by atoms with van der Waals surface area (Å²) in [5.41, 5.74) is 7.44. The summed E-state index contributed by atoms with van der Waals surface area (Å²) in [4.78, 5) is 43.7. The van der Waals surface area contributed by atoms with E-state index in [2.05, 4.69) is 26.3 Å². The standard InChI is InChI=1S/C27H37ClN6O4/c1-17(2)24-27(37)33-22(16-29)25(35)32-11-4-8-20-23(9-5-10-30-20)38-13-12-31-21(26(36)34-24)15-18-6-3-7-19(28)14-18/h3,5-7,9-10,14,17,21-22,24,31H,4,8,11-13,15-16,29H2,1-2H3,(H,32,35)(H,33,37)(H,34,36)/t21-,22+,24-/m1/s1. The van der Waals surface area contributed by atoms with E-state index >= 15 is 0 Å². The lowest BCUT2D eigenvalue weighted by Gasteiger charge is -2.27. The predicted octanol–water partition coefficient (Wildman–Crippen LogP) is 0.961. The molecule has 0 saturated carbocycles. The Morgan fingerprint density at radius 3 is 2.61 bits per heavy atom. The molecule has 206 valence electrons. The number of nitrogens with two attached hydrogens (primary N) is 1. The molecule has 3 amide bonds. The zero-order valence-electron chi connectivity index (χ0n) is 21.8. The molecule has 2 heterocycles. The predicted molar refractivity (Wildman–Crippen MR) is 146 cm³/mol. The Kier molecular flexibility index (Phi) is 11.3. The number of hydrogen-bond donors (Lipinski definition) is 5. The Morgan fingerprint density at radius 1 is 1.05 bits per heavy atom. The van der Waals surface area contributed by atoms with E-state index in [1.54, 1.807) is 24.4 Å². The van der Waals surface area contributed by atoms with Gasteiger partial charge in [-0.2, -0.15) is 0 Å². The minimum Gasteiger partial charge on any atom is -0.490 e. The van der Waals surface area contributed by atoms with Crippen LogP contribution in [-0.2, 0) is 27.2 Å². The topological polar surface area (TPSA) is 147 Å². The second-order valence-corrected chi connectivity index (χ2v) is 10.00. The van der Waals surface area contributed by atoms with Gasteiger partial charge in [0.05, 0.1) is 11.7 Å². The SMILES string of the molecule is CC(C)[C@H]1NC(=O)[C@@H](Cc2cccc(Cl)c2)NCCOc2cccnc2CCCNC(=O)[C@H](CN)NC1=O. The third kappa shape index (κ3) is 8.68. The fraction of sp³-hybridized carbons (Fsp3) is 0.481. The first-order valence-electron chi connectivity index (χ1n) is 12.9. The van der Waals surface area contributed by atoms with Crippen molar-refractivity contribution in [1.82, 2.24) is 26.3 Å². The lowest BCUT2D eigenvalue weighted by Crippen LogP contribution is -2.59. The first kappa shape index (κ1) is 29.3. The van der Waals surface area contributed by atoms with Gasteiger partial charge in [0.15, 0.2) is 0 Å². The first-order chi connectivity index (χ1) is 18.3. The summed E-state index contributed by atoms with van der Waals surface area (Å²) in [6.07, 6.45) is 3.28. The van der Waals surface area contributed by atoms with Gasteiger partial charge >= 0.3 is 0 Å². The second-order valence-electron chi connectivity index (χ2n) is 9.56. The van der Waals surface area contributed by atoms with Gasteiger partial charge < -0.3 is 31.7 Å². The van der Waals surface area contributed by atoms with E-state index in [9.17, 15) is 14.4 Å². The molecule has 1 aliphatic rings. The van der Waals surface area contributed by atoms with Gasteiger partial charge in [-0.05, 0) is 55.0 Å². The van der Waals surface area contributed by atoms with Crippen LogP contribution in [0.25, 0.3) is 0 Å². The highest BCUT2D eigenvalue weighted by Crippen LogP contribution is 2.17. The number of carbonyl (C=O) groups excluding carboxylic acids is 3. The summed E-state index contributed by atoms with van der Waals surface area (Å²) < 4.78 is 5.97. The molecular formula is C27H37ClN6O4. The van der Waals surface area contributed by atoms with Gasteiger partial charge in [0.25, 0.3) is 0 Å². The molecule has 11 heteroatoms. The minimum absolute atomic E-state index is 0.0759. The van der Waals surface area contributed by atoms with Crippen molar-refractivity contribution in [1.29, 1.82) is 0 Å². The number of amides is 3. The Morgan fingerprint density at radius 2 is 1.87 bits per heavy atom. The molecule has 0 unspecified atom stereocenters. The number of pyridine rings is 1. The molecule has 0 aliphatic carbocycles. The van der Waals surface area contributed by atoms with Crippen LogP contribution in [0.4, 0.5) is 0 Å². The van der Waals surface area contributed by atoms with Crippen LogP contribution in [0.15, 0.2) is 42.6 Å². The average molecular weight is 545 g/mol. The Labute approximate surface area is 228 Å². The van der Waals surface area contributed by atoms with Gasteiger partial charge in [0, 0.05) is 30.9 Å². The lowest BCUT2D eigenvalue weighted by atomic mass is 10.0. The summed E-state index contributed by atoms with van der Waals surface area (Å²) in [6.45, 7) is 4.66. The molecular weight excluding hydrogens is 508 g/mol. The molecule has 0 saturated heterocycles. The van der Waals surface area contributed by atoms with Crippen LogP contribution >= 0.6 is 11.6 Å². The Hall–Kier alpha value is -3.21. The third-order valence-corrected chi connectivity index (χ3v) is 6.48. The quantitative estimate of drug-likeness (QED) is 0.385. The number of aromatic nitrogens is 1. The summed E-state index contributed by atoms with van der Waals surface area (Å²) in [5.74, 6) is -0.776. The fourth-order valence-corrected chi connectivity index (χ4v) is 4.38. The maximum atomic E-state index is 13.4. The maximum absolute atomic E-state index is 13.4. The smallest absolute Gasteiger partial charge is 0.243 e. The summed E-state index contributed by atoms with van der Waals surface area (Å²) in [6, 6.07) is 8.50. The van der Waals surface area contributed by atoms with Crippen LogP contribution < -0.4 is 31.7 Å². The lowest BCUT2D eigenvalue weighted by molar-refractivity contribution is -0.133. The number of aryl methyl sites for hydroxylation is 1. The number of nitrogens with zero attached hydrogens (tertiary/aromatic N) is 1. The van der Waals surface area contributed by atoms with Crippen LogP contribution in [-0.4, -0.2) is 67.1 Å². The third-order valence-electron chi connectivity index (χ3n) is 6.25. The van der Waals surface area contributed by atoms with Gasteiger partial charge in [0.2, 0.25) is 17.7 Å². The average Bonchev–Trinajstić information content (AvgIpc) is 2.89. The van der Waals surface area contributed by atoms with Crippen molar-refractivity contribution in [2.45, 2.75) is 51.2 Å². The zero-order valence-corrected chi connectivity index (χ0v) is 22.6. The highest BCUT2D eigenvalue weighted by Gasteiger charge is 2.30. The van der Waals surface area contributed by atoms with E-state index < -0.39 is 24.0 Å². The van der Waals surface area contributed by atoms with Crippen molar-refractivity contribution in [3.8, 4) is 5.75 Å². The number of nitrogens with one attached hydrogen (secondary N) is 4. The van der Waals surface area contributed by atoms with E-state index in [-0.39, 0.29) is 24.3 Å². The van der Waals surface area contributed by atoms with E-state index in [1.165, 1.54) is 0 Å². The molecule has 3 atom stereocenters. The van der Waals surface area contributed by atoms with Gasteiger partial charge in [-0.15, -0.1) is 0 Å². The fourth-order valence-electron chi connectivity index (χ4n) is 4.17. The molecule has 0 bridgehead atoms. The van der Waals surface area contributed by atoms with Crippen molar-refractivity contribution in [2.24, 2.45) is 11.7 Å². The van der Waals surface area contributed by atoms with E-state index in [0.717, 1.165) is 11.3 Å². The Bertz CT molecular complexity index is 1100. The van der Waals surface area contributed by atoms with Gasteiger partial charge in [-0.1, -0.05) is 37.6 Å². The van der Waals surface area contributed by atoms with Crippen LogP contribution in [0, 0.1) is 5.92 Å².